The fraction of sp³-hybridized carbons (Fsp3) is 0.938. The van der Waals surface area contributed by atoms with Crippen molar-refractivity contribution in [1.82, 2.24) is 5.32 Å². The third kappa shape index (κ3) is 6.16. The van der Waals surface area contributed by atoms with Gasteiger partial charge in [0.2, 0.25) is 5.91 Å². The van der Waals surface area contributed by atoms with E-state index in [1.807, 2.05) is 6.92 Å². The molecule has 0 aromatic carbocycles. The van der Waals surface area contributed by atoms with Crippen molar-refractivity contribution in [3.8, 4) is 0 Å². The van der Waals surface area contributed by atoms with Crippen molar-refractivity contribution in [3.63, 3.8) is 0 Å². The molecule has 1 aliphatic rings. The van der Waals surface area contributed by atoms with E-state index in [0.717, 1.165) is 38.1 Å². The molecule has 1 N–H and O–H groups in total. The maximum absolute atomic E-state index is 12.1. The average Bonchev–Trinajstić information content (AvgIpc) is 2.33. The molecule has 0 heterocycles. The maximum atomic E-state index is 12.1. The normalized spacial score (nSPS) is 25.9. The Morgan fingerprint density at radius 2 is 1.84 bits per heavy atom. The van der Waals surface area contributed by atoms with E-state index in [4.69, 9.17) is 11.6 Å². The Labute approximate surface area is 123 Å². The Morgan fingerprint density at radius 3 is 2.32 bits per heavy atom. The molecular weight excluding hydrogens is 258 g/mol. The number of carbonyl (C=O) groups is 1. The minimum absolute atomic E-state index is 0.208. The largest absolute Gasteiger partial charge is 0.356 e. The van der Waals surface area contributed by atoms with Gasteiger partial charge in [-0.15, -0.1) is 11.6 Å². The summed E-state index contributed by atoms with van der Waals surface area (Å²) in [6.45, 7) is 9.70. The first-order valence-electron chi connectivity index (χ1n) is 7.72. The van der Waals surface area contributed by atoms with Crippen LogP contribution < -0.4 is 5.32 Å². The van der Waals surface area contributed by atoms with Gasteiger partial charge in [-0.3, -0.25) is 4.79 Å². The predicted molar refractivity (Wildman–Crippen MR) is 82.5 cm³/mol. The molecule has 0 spiro atoms. The molecule has 1 unspecified atom stereocenters. The van der Waals surface area contributed by atoms with E-state index in [-0.39, 0.29) is 17.2 Å². The Bertz CT molecular complexity index is 275. The second-order valence-corrected chi connectivity index (χ2v) is 7.87. The van der Waals surface area contributed by atoms with E-state index < -0.39 is 0 Å². The van der Waals surface area contributed by atoms with Gasteiger partial charge in [-0.1, -0.05) is 20.8 Å². The molecule has 3 heteroatoms. The van der Waals surface area contributed by atoms with Crippen molar-refractivity contribution in [3.05, 3.63) is 0 Å². The molecule has 1 fully saturated rings. The van der Waals surface area contributed by atoms with E-state index in [1.54, 1.807) is 0 Å². The summed E-state index contributed by atoms with van der Waals surface area (Å²) in [5.41, 5.74) is 0.387. The van der Waals surface area contributed by atoms with E-state index in [0.29, 0.717) is 5.41 Å². The Balaban J connectivity index is 2.22. The van der Waals surface area contributed by atoms with Gasteiger partial charge in [0.25, 0.3) is 0 Å². The van der Waals surface area contributed by atoms with E-state index in [9.17, 15) is 4.79 Å². The lowest BCUT2D eigenvalue weighted by Crippen LogP contribution is -2.35. The zero-order valence-corrected chi connectivity index (χ0v) is 13.7. The van der Waals surface area contributed by atoms with Crippen LogP contribution in [-0.2, 0) is 4.79 Å². The zero-order chi connectivity index (χ0) is 14.5. The van der Waals surface area contributed by atoms with Crippen LogP contribution >= 0.6 is 11.6 Å². The van der Waals surface area contributed by atoms with Crippen LogP contribution in [0.4, 0.5) is 0 Å². The molecule has 0 bridgehead atoms. The fourth-order valence-electron chi connectivity index (χ4n) is 2.96. The van der Waals surface area contributed by atoms with Crippen LogP contribution in [0, 0.1) is 17.3 Å². The number of halogens is 1. The summed E-state index contributed by atoms with van der Waals surface area (Å²) in [6, 6.07) is 0. The SMILES string of the molecule is CC(Cl)CCCNC(=O)C1CCC(C(C)(C)C)CC1. The highest BCUT2D eigenvalue weighted by Crippen LogP contribution is 2.39. The number of hydrogen-bond donors (Lipinski definition) is 1. The number of alkyl halides is 1. The molecule has 0 aromatic heterocycles. The first-order valence-corrected chi connectivity index (χ1v) is 8.16. The summed E-state index contributed by atoms with van der Waals surface area (Å²) in [6.07, 6.45) is 6.45. The lowest BCUT2D eigenvalue weighted by Gasteiger charge is -2.36. The number of amides is 1. The topological polar surface area (TPSA) is 29.1 Å². The third-order valence-electron chi connectivity index (χ3n) is 4.40. The van der Waals surface area contributed by atoms with Gasteiger partial charge in [-0.25, -0.2) is 0 Å². The average molecular weight is 288 g/mol. The maximum Gasteiger partial charge on any atom is 0.223 e. The Kier molecular flexibility index (Phi) is 6.65. The Morgan fingerprint density at radius 1 is 1.26 bits per heavy atom. The molecule has 112 valence electrons. The molecule has 1 atom stereocenters. The molecule has 1 aliphatic carbocycles. The van der Waals surface area contributed by atoms with Crippen molar-refractivity contribution in [2.45, 2.75) is 71.6 Å². The second-order valence-electron chi connectivity index (χ2n) is 7.13. The highest BCUT2D eigenvalue weighted by atomic mass is 35.5. The van der Waals surface area contributed by atoms with Gasteiger partial charge in [0.05, 0.1) is 0 Å². The van der Waals surface area contributed by atoms with Crippen molar-refractivity contribution in [2.24, 2.45) is 17.3 Å². The van der Waals surface area contributed by atoms with Crippen molar-refractivity contribution >= 4 is 17.5 Å². The quantitative estimate of drug-likeness (QED) is 0.591. The zero-order valence-electron chi connectivity index (χ0n) is 13.0. The number of nitrogens with one attached hydrogen (secondary N) is 1. The van der Waals surface area contributed by atoms with Crippen molar-refractivity contribution < 1.29 is 4.79 Å². The van der Waals surface area contributed by atoms with Gasteiger partial charge < -0.3 is 5.32 Å². The van der Waals surface area contributed by atoms with Crippen molar-refractivity contribution in [1.29, 1.82) is 0 Å². The van der Waals surface area contributed by atoms with Gasteiger partial charge in [0.1, 0.15) is 0 Å². The lowest BCUT2D eigenvalue weighted by atomic mass is 9.69. The molecule has 1 saturated carbocycles. The molecule has 1 rings (SSSR count). The standard InChI is InChI=1S/C16H30ClNO/c1-12(17)6-5-11-18-15(19)13-7-9-14(10-8-13)16(2,3)4/h12-14H,5-11H2,1-4H3,(H,18,19). The highest BCUT2D eigenvalue weighted by molar-refractivity contribution is 6.20. The minimum Gasteiger partial charge on any atom is -0.356 e. The van der Waals surface area contributed by atoms with E-state index in [1.165, 1.54) is 12.8 Å². The number of rotatable bonds is 5. The lowest BCUT2D eigenvalue weighted by molar-refractivity contribution is -0.126. The van der Waals surface area contributed by atoms with Gasteiger partial charge in [0, 0.05) is 17.8 Å². The Hall–Kier alpha value is -0.240. The molecule has 1 amide bonds. The first-order chi connectivity index (χ1) is 8.80. The summed E-state index contributed by atoms with van der Waals surface area (Å²) in [4.78, 5) is 12.1. The molecule has 0 aromatic rings. The van der Waals surface area contributed by atoms with Crippen LogP contribution in [0.15, 0.2) is 0 Å². The van der Waals surface area contributed by atoms with Gasteiger partial charge in [0.15, 0.2) is 0 Å². The van der Waals surface area contributed by atoms with Crippen LogP contribution in [0.1, 0.15) is 66.2 Å². The van der Waals surface area contributed by atoms with Crippen LogP contribution in [-0.4, -0.2) is 17.8 Å². The van der Waals surface area contributed by atoms with Crippen LogP contribution in [0.5, 0.6) is 0 Å². The molecule has 0 radical (unpaired) electrons. The minimum atomic E-state index is 0.208. The fourth-order valence-corrected chi connectivity index (χ4v) is 3.12. The highest BCUT2D eigenvalue weighted by Gasteiger charge is 2.32. The van der Waals surface area contributed by atoms with E-state index in [2.05, 4.69) is 26.1 Å². The molecular formula is C16H30ClNO. The number of hydrogen-bond acceptors (Lipinski definition) is 1. The summed E-state index contributed by atoms with van der Waals surface area (Å²) in [7, 11) is 0. The second kappa shape index (κ2) is 7.52. The van der Waals surface area contributed by atoms with Crippen LogP contribution in [0.25, 0.3) is 0 Å². The van der Waals surface area contributed by atoms with Gasteiger partial charge in [-0.05, 0) is 56.8 Å². The molecule has 0 aliphatic heterocycles. The van der Waals surface area contributed by atoms with Crippen molar-refractivity contribution in [2.75, 3.05) is 6.54 Å². The smallest absolute Gasteiger partial charge is 0.223 e. The third-order valence-corrected chi connectivity index (χ3v) is 4.62. The summed E-state index contributed by atoms with van der Waals surface area (Å²) >= 11 is 5.89. The number of carbonyl (C=O) groups excluding carboxylic acids is 1. The van der Waals surface area contributed by atoms with Gasteiger partial charge >= 0.3 is 0 Å². The summed E-state index contributed by atoms with van der Waals surface area (Å²) < 4.78 is 0. The summed E-state index contributed by atoms with van der Waals surface area (Å²) in [5.74, 6) is 1.27. The molecule has 19 heavy (non-hydrogen) atoms. The predicted octanol–water partition coefficient (Wildman–Crippen LogP) is 4.36. The van der Waals surface area contributed by atoms with E-state index >= 15 is 0 Å². The van der Waals surface area contributed by atoms with Crippen LogP contribution in [0.3, 0.4) is 0 Å². The van der Waals surface area contributed by atoms with Gasteiger partial charge in [-0.2, -0.15) is 0 Å². The molecule has 2 nitrogen and oxygen atoms in total. The summed E-state index contributed by atoms with van der Waals surface area (Å²) in [5, 5.41) is 3.27. The van der Waals surface area contributed by atoms with Crippen LogP contribution in [0.2, 0.25) is 0 Å². The first kappa shape index (κ1) is 16.8. The molecule has 0 saturated heterocycles. The monoisotopic (exact) mass is 287 g/mol.